The maximum Gasteiger partial charge on any atom is 0.296 e. The molecule has 0 amide bonds. The van der Waals surface area contributed by atoms with E-state index >= 15 is 0 Å². The Bertz CT molecular complexity index is 1460. The molecular weight excluding hydrogens is 477 g/mol. The minimum absolute atomic E-state index is 0.0712. The Labute approximate surface area is 192 Å². The van der Waals surface area contributed by atoms with Gasteiger partial charge in [0.1, 0.15) is 26.6 Å². The molecule has 4 rings (SSSR count). The van der Waals surface area contributed by atoms with Gasteiger partial charge in [-0.05, 0) is 29.7 Å². The van der Waals surface area contributed by atoms with E-state index in [-0.39, 0.29) is 33.4 Å². The summed E-state index contributed by atoms with van der Waals surface area (Å²) in [6.45, 7) is 0. The second-order valence-corrected chi connectivity index (χ2v) is 8.61. The van der Waals surface area contributed by atoms with Crippen molar-refractivity contribution in [1.29, 1.82) is 0 Å². The fourth-order valence-electron chi connectivity index (χ4n) is 2.97. The number of benzene rings is 3. The first-order valence-corrected chi connectivity index (χ1v) is 11.1. The Morgan fingerprint density at radius 3 is 2.28 bits per heavy atom. The Kier molecular flexibility index (Phi) is 5.94. The van der Waals surface area contributed by atoms with Crippen LogP contribution in [0.1, 0.15) is 0 Å². The van der Waals surface area contributed by atoms with E-state index in [1.54, 1.807) is 30.3 Å². The Morgan fingerprint density at radius 1 is 0.875 bits per heavy atom. The molecule has 32 heavy (non-hydrogen) atoms. The van der Waals surface area contributed by atoms with Crippen LogP contribution in [0.4, 0.5) is 23.0 Å². The monoisotopic (exact) mass is 489 g/mol. The van der Waals surface area contributed by atoms with Gasteiger partial charge >= 0.3 is 0 Å². The molecular formula is C20H13Cl2N5O4S. The van der Waals surface area contributed by atoms with Crippen molar-refractivity contribution in [3.05, 3.63) is 71.0 Å². The highest BCUT2D eigenvalue weighted by molar-refractivity contribution is 7.86. The van der Waals surface area contributed by atoms with Crippen LogP contribution in [0.25, 0.3) is 10.8 Å². The summed E-state index contributed by atoms with van der Waals surface area (Å²) in [7, 11) is -4.49. The van der Waals surface area contributed by atoms with E-state index in [1.165, 1.54) is 30.3 Å². The number of aromatic nitrogens is 2. The van der Waals surface area contributed by atoms with Crippen molar-refractivity contribution in [2.24, 2.45) is 10.2 Å². The molecule has 0 spiro atoms. The van der Waals surface area contributed by atoms with Gasteiger partial charge < -0.3 is 10.4 Å². The topological polar surface area (TPSA) is 137 Å². The number of aromatic hydroxyl groups is 1. The second kappa shape index (κ2) is 8.67. The van der Waals surface area contributed by atoms with E-state index in [1.807, 2.05) is 0 Å². The molecule has 3 N–H and O–H groups in total. The average Bonchev–Trinajstić information content (AvgIpc) is 2.72. The molecule has 0 aliphatic rings. The van der Waals surface area contributed by atoms with Crippen molar-refractivity contribution >= 4 is 67.1 Å². The standard InChI is InChI=1S/C20H13Cl2N5O4S/c21-16-10-17(22)25-20(24-16)23-13-6-3-4-11-8-9-14(19(28)18(11)13)27-26-12-5-1-2-7-15(12)32(29,30)31/h1-10,28H,(H,23,24,25)(H,29,30,31). The van der Waals surface area contributed by atoms with Crippen molar-refractivity contribution in [2.75, 3.05) is 5.32 Å². The first-order valence-electron chi connectivity index (χ1n) is 8.92. The SMILES string of the molecule is O=S(=O)(O)c1ccccc1N=Nc1ccc2cccc(Nc3nc(Cl)cc(Cl)n3)c2c1O. The summed E-state index contributed by atoms with van der Waals surface area (Å²) >= 11 is 11.8. The number of hydrogen-bond acceptors (Lipinski definition) is 8. The quantitative estimate of drug-likeness (QED) is 0.176. The highest BCUT2D eigenvalue weighted by Crippen LogP contribution is 2.40. The molecule has 4 aromatic rings. The zero-order valence-electron chi connectivity index (χ0n) is 15.9. The number of azo groups is 1. The maximum absolute atomic E-state index is 11.5. The van der Waals surface area contributed by atoms with Crippen molar-refractivity contribution < 1.29 is 18.1 Å². The van der Waals surface area contributed by atoms with Gasteiger partial charge in [0, 0.05) is 11.5 Å². The summed E-state index contributed by atoms with van der Waals surface area (Å²) < 4.78 is 32.4. The average molecular weight is 490 g/mol. The molecule has 1 heterocycles. The van der Waals surface area contributed by atoms with Crippen LogP contribution >= 0.6 is 23.2 Å². The summed E-state index contributed by atoms with van der Waals surface area (Å²) in [5, 5.41) is 23.1. The Morgan fingerprint density at radius 2 is 1.56 bits per heavy atom. The van der Waals surface area contributed by atoms with Gasteiger partial charge in [0.25, 0.3) is 10.1 Å². The molecule has 12 heteroatoms. The normalized spacial score (nSPS) is 11.8. The molecule has 0 saturated heterocycles. The zero-order valence-corrected chi connectivity index (χ0v) is 18.3. The second-order valence-electron chi connectivity index (χ2n) is 6.44. The molecule has 1 aromatic heterocycles. The molecule has 0 fully saturated rings. The fourth-order valence-corrected chi connectivity index (χ4v) is 4.01. The molecule has 0 atom stereocenters. The molecule has 0 aliphatic carbocycles. The number of hydrogen-bond donors (Lipinski definition) is 3. The smallest absolute Gasteiger partial charge is 0.296 e. The van der Waals surface area contributed by atoms with Crippen LogP contribution in [-0.2, 0) is 10.1 Å². The van der Waals surface area contributed by atoms with Crippen molar-refractivity contribution in [3.8, 4) is 5.75 Å². The van der Waals surface area contributed by atoms with Crippen LogP contribution < -0.4 is 5.32 Å². The summed E-state index contributed by atoms with van der Waals surface area (Å²) in [4.78, 5) is 7.70. The number of fused-ring (bicyclic) bond motifs is 1. The number of phenols is 1. The largest absolute Gasteiger partial charge is 0.505 e. The van der Waals surface area contributed by atoms with E-state index in [0.29, 0.717) is 16.5 Å². The molecule has 162 valence electrons. The number of anilines is 2. The number of phenolic OH excluding ortho intramolecular Hbond substituents is 1. The Hall–Kier alpha value is -3.31. The fraction of sp³-hybridized carbons (Fsp3) is 0. The van der Waals surface area contributed by atoms with Gasteiger partial charge in [-0.3, -0.25) is 4.55 Å². The summed E-state index contributed by atoms with van der Waals surface area (Å²) in [5.41, 5.74) is 0.443. The summed E-state index contributed by atoms with van der Waals surface area (Å²) in [5.74, 6) is -0.0877. The van der Waals surface area contributed by atoms with Gasteiger partial charge in [-0.15, -0.1) is 10.2 Å². The van der Waals surface area contributed by atoms with Crippen LogP contribution in [0.5, 0.6) is 5.75 Å². The molecule has 0 saturated carbocycles. The predicted molar refractivity (Wildman–Crippen MR) is 121 cm³/mol. The number of nitrogens with zero attached hydrogens (tertiary/aromatic N) is 4. The lowest BCUT2D eigenvalue weighted by Crippen LogP contribution is -1.98. The zero-order chi connectivity index (χ0) is 22.9. The van der Waals surface area contributed by atoms with Gasteiger partial charge in [-0.1, -0.05) is 53.5 Å². The first-order chi connectivity index (χ1) is 15.2. The third-order valence-corrected chi connectivity index (χ3v) is 5.60. The van der Waals surface area contributed by atoms with Gasteiger partial charge in [-0.25, -0.2) is 9.97 Å². The van der Waals surface area contributed by atoms with Gasteiger partial charge in [0.2, 0.25) is 5.95 Å². The lowest BCUT2D eigenvalue weighted by Gasteiger charge is -2.11. The molecule has 0 aliphatic heterocycles. The number of halogens is 2. The third-order valence-electron chi connectivity index (χ3n) is 4.32. The number of rotatable bonds is 5. The van der Waals surface area contributed by atoms with Crippen LogP contribution in [0.3, 0.4) is 0 Å². The summed E-state index contributed by atoms with van der Waals surface area (Å²) in [6, 6.07) is 15.4. The van der Waals surface area contributed by atoms with Crippen LogP contribution in [-0.4, -0.2) is 28.0 Å². The summed E-state index contributed by atoms with van der Waals surface area (Å²) in [6.07, 6.45) is 0. The Balaban J connectivity index is 1.78. The van der Waals surface area contributed by atoms with E-state index in [0.717, 1.165) is 0 Å². The van der Waals surface area contributed by atoms with E-state index in [2.05, 4.69) is 25.5 Å². The number of nitrogens with one attached hydrogen (secondary N) is 1. The maximum atomic E-state index is 11.5. The first kappa shape index (κ1) is 21.9. The predicted octanol–water partition coefficient (Wildman–Crippen LogP) is 6.05. The van der Waals surface area contributed by atoms with Crippen LogP contribution in [0, 0.1) is 0 Å². The third kappa shape index (κ3) is 4.63. The van der Waals surface area contributed by atoms with Crippen molar-refractivity contribution in [3.63, 3.8) is 0 Å². The van der Waals surface area contributed by atoms with E-state index in [9.17, 15) is 18.1 Å². The minimum Gasteiger partial charge on any atom is -0.505 e. The van der Waals surface area contributed by atoms with Gasteiger partial charge in [0.15, 0.2) is 5.75 Å². The molecule has 3 aromatic carbocycles. The van der Waals surface area contributed by atoms with E-state index in [4.69, 9.17) is 23.2 Å². The van der Waals surface area contributed by atoms with Crippen molar-refractivity contribution in [2.45, 2.75) is 4.90 Å². The lowest BCUT2D eigenvalue weighted by atomic mass is 10.1. The molecule has 0 unspecified atom stereocenters. The lowest BCUT2D eigenvalue weighted by molar-refractivity contribution is 0.482. The van der Waals surface area contributed by atoms with Gasteiger partial charge in [-0.2, -0.15) is 8.42 Å². The van der Waals surface area contributed by atoms with E-state index < -0.39 is 15.0 Å². The van der Waals surface area contributed by atoms with Gasteiger partial charge in [0.05, 0.1) is 5.69 Å². The highest BCUT2D eigenvalue weighted by atomic mass is 35.5. The highest BCUT2D eigenvalue weighted by Gasteiger charge is 2.16. The molecule has 0 bridgehead atoms. The molecule has 0 radical (unpaired) electrons. The molecule has 9 nitrogen and oxygen atoms in total. The van der Waals surface area contributed by atoms with Crippen molar-refractivity contribution in [1.82, 2.24) is 9.97 Å². The van der Waals surface area contributed by atoms with Crippen LogP contribution in [0.2, 0.25) is 10.3 Å². The van der Waals surface area contributed by atoms with Crippen LogP contribution in [0.15, 0.2) is 75.8 Å². The minimum atomic E-state index is -4.49.